The third-order valence-electron chi connectivity index (χ3n) is 5.57. The molecule has 0 atom stereocenters. The minimum absolute atomic E-state index is 0. The van der Waals surface area contributed by atoms with Crippen molar-refractivity contribution in [1.29, 1.82) is 0 Å². The zero-order chi connectivity index (χ0) is 28.8. The standard InChI is InChI=1S/C21H17ClF3N5O.C5H11NO2.3ClH/c22-16-11-14(29-20-19-17(27-12-28-20)6-8-30(19)9-7-26)4-5-18(16)31-15-3-1-2-13(10-15)21(23,24)25;1-5(2,3-7)4(6)8;;;/h1-6,8,10-12H,7,9,26H2,(H,27,28,29);7H,3H2,1-2H3,(H2,6,8);3*1H. The summed E-state index contributed by atoms with van der Waals surface area (Å²) in [5.74, 6) is 0.367. The van der Waals surface area contributed by atoms with Gasteiger partial charge < -0.3 is 31.2 Å². The Kier molecular flexibility index (Phi) is 15.4. The van der Waals surface area contributed by atoms with Gasteiger partial charge in [-0.25, -0.2) is 9.97 Å². The number of aliphatic hydroxyl groups excluding tert-OH is 1. The Labute approximate surface area is 264 Å². The second-order valence-corrected chi connectivity index (χ2v) is 9.47. The van der Waals surface area contributed by atoms with E-state index in [4.69, 9.17) is 32.9 Å². The molecule has 232 valence electrons. The Morgan fingerprint density at radius 1 is 1.10 bits per heavy atom. The number of hydrogen-bond donors (Lipinski definition) is 4. The molecule has 0 unspecified atom stereocenters. The number of amides is 1. The first-order chi connectivity index (χ1) is 18.4. The van der Waals surface area contributed by atoms with Gasteiger partial charge >= 0.3 is 6.18 Å². The van der Waals surface area contributed by atoms with Crippen LogP contribution in [0.15, 0.2) is 61.1 Å². The number of nitrogens with two attached hydrogens (primary N) is 2. The molecule has 16 heteroatoms. The van der Waals surface area contributed by atoms with Crippen LogP contribution in [-0.4, -0.2) is 38.7 Å². The predicted octanol–water partition coefficient (Wildman–Crippen LogP) is 6.35. The number of ether oxygens (including phenoxy) is 1. The molecule has 2 aromatic heterocycles. The highest BCUT2D eigenvalue weighted by atomic mass is 35.5. The van der Waals surface area contributed by atoms with Crippen LogP contribution in [0.5, 0.6) is 11.5 Å². The first-order valence-electron chi connectivity index (χ1n) is 11.7. The molecule has 1 amide bonds. The number of hydrogen-bond acceptors (Lipinski definition) is 7. The smallest absolute Gasteiger partial charge is 0.416 e. The van der Waals surface area contributed by atoms with E-state index >= 15 is 0 Å². The number of benzene rings is 2. The van der Waals surface area contributed by atoms with Gasteiger partial charge in [-0.3, -0.25) is 4.79 Å². The Bertz CT molecular complexity index is 1450. The van der Waals surface area contributed by atoms with Crippen molar-refractivity contribution in [3.63, 3.8) is 0 Å². The van der Waals surface area contributed by atoms with Crippen LogP contribution in [0.2, 0.25) is 5.02 Å². The maximum atomic E-state index is 12.9. The van der Waals surface area contributed by atoms with Crippen molar-refractivity contribution in [1.82, 2.24) is 14.5 Å². The number of nitrogens with one attached hydrogen (secondary N) is 1. The molecular weight excluding hydrogens is 643 g/mol. The fourth-order valence-corrected chi connectivity index (χ4v) is 3.41. The number of halogens is 7. The van der Waals surface area contributed by atoms with Gasteiger partial charge in [0.15, 0.2) is 5.82 Å². The van der Waals surface area contributed by atoms with E-state index in [2.05, 4.69) is 15.3 Å². The summed E-state index contributed by atoms with van der Waals surface area (Å²) in [5.41, 5.74) is 11.2. The molecule has 0 saturated heterocycles. The number of carbonyl (C=O) groups is 1. The number of anilines is 2. The number of aromatic nitrogens is 3. The molecule has 0 saturated carbocycles. The first-order valence-corrected chi connectivity index (χ1v) is 12.1. The van der Waals surface area contributed by atoms with E-state index in [9.17, 15) is 18.0 Å². The van der Waals surface area contributed by atoms with E-state index in [-0.39, 0.29) is 60.3 Å². The normalized spacial score (nSPS) is 10.8. The van der Waals surface area contributed by atoms with Crippen molar-refractivity contribution < 1.29 is 27.8 Å². The van der Waals surface area contributed by atoms with Gasteiger partial charge in [-0.2, -0.15) is 13.2 Å². The summed E-state index contributed by atoms with van der Waals surface area (Å²) in [5, 5.41) is 11.9. The lowest BCUT2D eigenvalue weighted by molar-refractivity contribution is -0.137. The van der Waals surface area contributed by atoms with Crippen LogP contribution in [0.3, 0.4) is 0 Å². The van der Waals surface area contributed by atoms with Crippen LogP contribution >= 0.6 is 48.8 Å². The largest absolute Gasteiger partial charge is 0.456 e. The van der Waals surface area contributed by atoms with Gasteiger partial charge in [-0.15, -0.1) is 37.2 Å². The van der Waals surface area contributed by atoms with E-state index in [0.29, 0.717) is 24.6 Å². The van der Waals surface area contributed by atoms with Crippen LogP contribution in [0.25, 0.3) is 11.0 Å². The molecular formula is C26H31Cl4F3N6O3. The number of fused-ring (bicyclic) bond motifs is 1. The van der Waals surface area contributed by atoms with Crippen molar-refractivity contribution >= 4 is 77.3 Å². The van der Waals surface area contributed by atoms with Crippen molar-refractivity contribution in [3.05, 3.63) is 71.6 Å². The minimum atomic E-state index is -4.46. The lowest BCUT2D eigenvalue weighted by Gasteiger charge is -2.15. The molecule has 9 nitrogen and oxygen atoms in total. The summed E-state index contributed by atoms with van der Waals surface area (Å²) in [6.45, 7) is 4.06. The number of primary amides is 1. The van der Waals surface area contributed by atoms with Crippen molar-refractivity contribution in [2.45, 2.75) is 26.6 Å². The summed E-state index contributed by atoms with van der Waals surface area (Å²) in [7, 11) is 0. The van der Waals surface area contributed by atoms with Crippen LogP contribution < -0.4 is 21.5 Å². The fourth-order valence-electron chi connectivity index (χ4n) is 3.19. The quantitative estimate of drug-likeness (QED) is 0.171. The van der Waals surface area contributed by atoms with Gasteiger partial charge in [0.05, 0.1) is 28.1 Å². The summed E-state index contributed by atoms with van der Waals surface area (Å²) in [6.07, 6.45) is -1.12. The molecule has 2 aromatic carbocycles. The van der Waals surface area contributed by atoms with Crippen LogP contribution in [0.4, 0.5) is 24.7 Å². The van der Waals surface area contributed by atoms with Crippen molar-refractivity contribution in [2.75, 3.05) is 18.5 Å². The molecule has 0 bridgehead atoms. The van der Waals surface area contributed by atoms with Gasteiger partial charge in [-0.05, 0) is 56.3 Å². The van der Waals surface area contributed by atoms with Crippen LogP contribution in [0.1, 0.15) is 19.4 Å². The Hall–Kier alpha value is -3.00. The molecule has 2 heterocycles. The van der Waals surface area contributed by atoms with Gasteiger partial charge in [0.25, 0.3) is 0 Å². The Morgan fingerprint density at radius 3 is 2.33 bits per heavy atom. The zero-order valence-corrected chi connectivity index (χ0v) is 25.6. The van der Waals surface area contributed by atoms with Gasteiger partial charge in [-0.1, -0.05) is 17.7 Å². The Morgan fingerprint density at radius 2 is 1.79 bits per heavy atom. The summed E-state index contributed by atoms with van der Waals surface area (Å²) < 4.78 is 46.2. The van der Waals surface area contributed by atoms with Gasteiger partial charge in [0.1, 0.15) is 23.3 Å². The number of alkyl halides is 3. The molecule has 0 aliphatic rings. The lowest BCUT2D eigenvalue weighted by atomic mass is 9.94. The second kappa shape index (κ2) is 16.6. The topological polar surface area (TPSA) is 141 Å². The van der Waals surface area contributed by atoms with E-state index in [1.54, 1.807) is 32.0 Å². The van der Waals surface area contributed by atoms with E-state index in [0.717, 1.165) is 23.2 Å². The summed E-state index contributed by atoms with van der Waals surface area (Å²) >= 11 is 6.31. The van der Waals surface area contributed by atoms with Crippen LogP contribution in [-0.2, 0) is 17.5 Å². The van der Waals surface area contributed by atoms with E-state index in [1.807, 2.05) is 16.8 Å². The zero-order valence-electron chi connectivity index (χ0n) is 22.4. The van der Waals surface area contributed by atoms with E-state index in [1.165, 1.54) is 18.5 Å². The average Bonchev–Trinajstić information content (AvgIpc) is 3.30. The van der Waals surface area contributed by atoms with Crippen LogP contribution in [0, 0.1) is 5.41 Å². The van der Waals surface area contributed by atoms with Crippen molar-refractivity contribution in [2.24, 2.45) is 16.9 Å². The highest BCUT2D eigenvalue weighted by molar-refractivity contribution is 6.32. The maximum absolute atomic E-state index is 12.9. The molecule has 0 aliphatic carbocycles. The molecule has 4 rings (SSSR count). The SMILES string of the molecule is CC(C)(CO)C(N)=O.Cl.Cl.Cl.NCCn1ccc2ncnc(Nc3ccc(Oc4cccc(C(F)(F)F)c4)c(Cl)c3)c21. The summed E-state index contributed by atoms with van der Waals surface area (Å²) in [6, 6.07) is 11.3. The highest BCUT2D eigenvalue weighted by Gasteiger charge is 2.30. The van der Waals surface area contributed by atoms with Gasteiger partial charge in [0.2, 0.25) is 5.91 Å². The molecule has 0 spiro atoms. The molecule has 0 aliphatic heterocycles. The molecule has 0 fully saturated rings. The maximum Gasteiger partial charge on any atom is 0.416 e. The number of nitrogens with zero attached hydrogens (tertiary/aromatic N) is 3. The third-order valence-corrected chi connectivity index (χ3v) is 5.86. The fraction of sp³-hybridized carbons (Fsp3) is 0.269. The van der Waals surface area contributed by atoms with Gasteiger partial charge in [0, 0.05) is 25.0 Å². The minimum Gasteiger partial charge on any atom is -0.456 e. The molecule has 0 radical (unpaired) electrons. The third kappa shape index (κ3) is 10.1. The average molecular weight is 674 g/mol. The number of aliphatic hydroxyl groups is 1. The van der Waals surface area contributed by atoms with E-state index < -0.39 is 23.1 Å². The van der Waals surface area contributed by atoms with Crippen molar-refractivity contribution in [3.8, 4) is 11.5 Å². The second-order valence-electron chi connectivity index (χ2n) is 9.06. The number of carbonyl (C=O) groups excluding carboxylic acids is 1. The molecule has 6 N–H and O–H groups in total. The lowest BCUT2D eigenvalue weighted by Crippen LogP contribution is -2.34. The summed E-state index contributed by atoms with van der Waals surface area (Å²) in [4.78, 5) is 18.9. The monoisotopic (exact) mass is 672 g/mol. The highest BCUT2D eigenvalue weighted by Crippen LogP contribution is 2.36. The molecule has 42 heavy (non-hydrogen) atoms. The molecule has 4 aromatic rings. The Balaban J connectivity index is 0.00000135. The number of rotatable bonds is 8. The first kappa shape index (κ1) is 39.0. The predicted molar refractivity (Wildman–Crippen MR) is 165 cm³/mol.